The lowest BCUT2D eigenvalue weighted by Gasteiger charge is -2.40. The van der Waals surface area contributed by atoms with Crippen LogP contribution >= 0.6 is 7.82 Å². The summed E-state index contributed by atoms with van der Waals surface area (Å²) in [7, 11) is -3.29. The molecule has 50 heavy (non-hydrogen) atoms. The number of rotatable bonds is 27. The first-order valence-electron chi connectivity index (χ1n) is 15.4. The number of aryl methyl sites for hydroxylation is 1. The van der Waals surface area contributed by atoms with Crippen LogP contribution in [0, 0.1) is 0 Å². The van der Waals surface area contributed by atoms with Crippen molar-refractivity contribution in [2.45, 2.75) is 31.3 Å². The van der Waals surface area contributed by atoms with Crippen LogP contribution in [0.2, 0.25) is 0 Å². The lowest BCUT2D eigenvalue weighted by Crippen LogP contribution is -2.58. The van der Waals surface area contributed by atoms with E-state index in [0.717, 1.165) is 27.4 Å². The summed E-state index contributed by atoms with van der Waals surface area (Å²) in [5, 5.41) is 58.3. The van der Waals surface area contributed by atoms with Gasteiger partial charge in [-0.15, -0.1) is 0 Å². The molecule has 0 fully saturated rings. The molecule has 3 atom stereocenters. The predicted molar refractivity (Wildman–Crippen MR) is 164 cm³/mol. The number of phosphoric ester groups is 1. The number of benzene rings is 2. The molecule has 0 bridgehead atoms. The molecule has 0 amide bonds. The minimum absolute atomic E-state index is 0.00359. The van der Waals surface area contributed by atoms with E-state index in [-0.39, 0.29) is 19.6 Å². The minimum Gasteiger partial charge on any atom is -0.549 e. The number of carboxylic acids is 5. The van der Waals surface area contributed by atoms with Crippen molar-refractivity contribution in [1.29, 1.82) is 0 Å². The molecule has 2 aromatic rings. The van der Waals surface area contributed by atoms with Crippen molar-refractivity contribution < 1.29 is 67.6 Å². The van der Waals surface area contributed by atoms with Gasteiger partial charge in [0.25, 0.3) is 0 Å². The van der Waals surface area contributed by atoms with E-state index < -0.39 is 95.6 Å². The maximum atomic E-state index is 13.3. The fourth-order valence-electron chi connectivity index (χ4n) is 5.16. The van der Waals surface area contributed by atoms with E-state index in [1.54, 1.807) is 30.3 Å². The van der Waals surface area contributed by atoms with Crippen molar-refractivity contribution in [3.63, 3.8) is 0 Å². The fraction of sp³-hybridized carbons (Fsp3) is 0.469. The average Bonchev–Trinajstić information content (AvgIpc) is 3.04. The number of aliphatic carboxylic acids is 5. The van der Waals surface area contributed by atoms with Gasteiger partial charge in [-0.2, -0.15) is 0 Å². The zero-order valence-electron chi connectivity index (χ0n) is 27.4. The predicted octanol–water partition coefficient (Wildman–Crippen LogP) is -4.96. The Bertz CT molecular complexity index is 1400. The SMILES string of the molecule is COP(=O)(OCCCc1ccccc1)OCC(CN(CC(=O)[O-])CC(Cc1ccccc1)N(CC(=O)[O-])CC(=O)[O-])N(CC(=O)[O-])CC(=O)[O-]. The third-order valence-electron chi connectivity index (χ3n) is 7.32. The summed E-state index contributed by atoms with van der Waals surface area (Å²) in [5.74, 6) is -8.33. The molecule has 276 valence electrons. The van der Waals surface area contributed by atoms with Crippen LogP contribution in [0.15, 0.2) is 60.7 Å². The second-order valence-corrected chi connectivity index (χ2v) is 13.0. The molecule has 0 radical (unpaired) electrons. The fourth-order valence-corrected chi connectivity index (χ4v) is 6.15. The Hall–Kier alpha value is -4.22. The van der Waals surface area contributed by atoms with Crippen LogP contribution in [0.5, 0.6) is 0 Å². The van der Waals surface area contributed by atoms with Crippen molar-refractivity contribution in [2.24, 2.45) is 0 Å². The van der Waals surface area contributed by atoms with Gasteiger partial charge in [0.1, 0.15) is 0 Å². The van der Waals surface area contributed by atoms with E-state index in [4.69, 9.17) is 13.6 Å². The lowest BCUT2D eigenvalue weighted by molar-refractivity contribution is -0.313. The molecule has 17 nitrogen and oxygen atoms in total. The summed E-state index contributed by atoms with van der Waals surface area (Å²) in [5.41, 5.74) is 1.61. The number of carbonyl (C=O) groups excluding carboxylic acids is 5. The minimum atomic E-state index is -4.33. The second kappa shape index (κ2) is 21.8. The maximum Gasteiger partial charge on any atom is 0.474 e. The van der Waals surface area contributed by atoms with E-state index in [1.807, 2.05) is 30.3 Å². The van der Waals surface area contributed by atoms with Gasteiger partial charge in [-0.05, 0) is 30.4 Å². The number of carboxylic acid groups (broad SMARTS) is 5. The smallest absolute Gasteiger partial charge is 0.474 e. The van der Waals surface area contributed by atoms with Gasteiger partial charge in [0.2, 0.25) is 0 Å². The normalized spacial score (nSPS) is 13.9. The standard InChI is InChI=1S/C32H44N3O14P/c1-47-50(46,48-14-8-13-24-9-4-2-5-10-24)49-23-27(35(21-31(42)43)22-32(44)45)17-33(18-28(36)37)16-26(15-25-11-6-3-7-12-25)34(19-29(38)39)20-30(40)41/h2-7,9-12,26-27H,8,13-23H2,1H3,(H,36,37)(H,38,39)(H,40,41)(H,42,43)(H,44,45)/p-5. The van der Waals surface area contributed by atoms with Crippen LogP contribution in [0.1, 0.15) is 17.5 Å². The largest absolute Gasteiger partial charge is 0.549 e. The summed E-state index contributed by atoms with van der Waals surface area (Å²) in [6, 6.07) is 15.3. The summed E-state index contributed by atoms with van der Waals surface area (Å²) in [6.07, 6.45) is 0.971. The molecule has 0 aliphatic rings. The van der Waals surface area contributed by atoms with Crippen LogP contribution in [0.3, 0.4) is 0 Å². The van der Waals surface area contributed by atoms with Crippen molar-refractivity contribution >= 4 is 37.7 Å². The maximum absolute atomic E-state index is 13.3. The molecular weight excluding hydrogens is 681 g/mol. The molecule has 0 saturated carbocycles. The summed E-state index contributed by atoms with van der Waals surface area (Å²) in [6.45, 7) is -6.33. The lowest BCUT2D eigenvalue weighted by atomic mass is 10.0. The van der Waals surface area contributed by atoms with Crippen molar-refractivity contribution in [2.75, 3.05) is 66.1 Å². The highest BCUT2D eigenvalue weighted by molar-refractivity contribution is 7.48. The van der Waals surface area contributed by atoms with E-state index in [1.165, 1.54) is 0 Å². The van der Waals surface area contributed by atoms with Gasteiger partial charge in [0.15, 0.2) is 0 Å². The van der Waals surface area contributed by atoms with Crippen LogP contribution in [0.4, 0.5) is 0 Å². The molecule has 2 rings (SSSR count). The Balaban J connectivity index is 2.39. The van der Waals surface area contributed by atoms with Crippen molar-refractivity contribution in [3.8, 4) is 0 Å². The Kier molecular flexibility index (Phi) is 18.3. The molecule has 2 aromatic carbocycles. The molecule has 0 aromatic heterocycles. The molecule has 3 unspecified atom stereocenters. The highest BCUT2D eigenvalue weighted by Crippen LogP contribution is 2.48. The van der Waals surface area contributed by atoms with Gasteiger partial charge in [0.05, 0.1) is 43.1 Å². The van der Waals surface area contributed by atoms with E-state index in [9.17, 15) is 54.1 Å². The third-order valence-corrected chi connectivity index (χ3v) is 8.73. The first kappa shape index (κ1) is 41.9. The molecule has 0 saturated heterocycles. The average molecular weight is 721 g/mol. The molecule has 0 heterocycles. The third kappa shape index (κ3) is 16.9. The first-order chi connectivity index (χ1) is 23.7. The summed E-state index contributed by atoms with van der Waals surface area (Å²) in [4.78, 5) is 61.2. The van der Waals surface area contributed by atoms with Crippen LogP contribution in [-0.4, -0.2) is 123 Å². The van der Waals surface area contributed by atoms with Gasteiger partial charge in [-0.1, -0.05) is 60.7 Å². The summed E-state index contributed by atoms with van der Waals surface area (Å²) >= 11 is 0. The quantitative estimate of drug-likeness (QED) is 0.0619. The number of hydrogen-bond donors (Lipinski definition) is 0. The van der Waals surface area contributed by atoms with Crippen LogP contribution in [0.25, 0.3) is 0 Å². The van der Waals surface area contributed by atoms with Gasteiger partial charge in [-0.25, -0.2) is 4.57 Å². The molecule has 0 spiro atoms. The topological polar surface area (TPSA) is 255 Å². The van der Waals surface area contributed by atoms with Crippen LogP contribution < -0.4 is 25.5 Å². The number of hydrogen-bond acceptors (Lipinski definition) is 17. The number of nitrogens with zero attached hydrogens (tertiary/aromatic N) is 3. The van der Waals surface area contributed by atoms with E-state index >= 15 is 0 Å². The molecule has 0 aliphatic carbocycles. The van der Waals surface area contributed by atoms with Gasteiger partial charge in [-0.3, -0.25) is 28.3 Å². The highest BCUT2D eigenvalue weighted by atomic mass is 31.2. The van der Waals surface area contributed by atoms with Crippen molar-refractivity contribution in [3.05, 3.63) is 71.8 Å². The van der Waals surface area contributed by atoms with Gasteiger partial charge >= 0.3 is 7.82 Å². The first-order valence-corrected chi connectivity index (χ1v) is 16.9. The van der Waals surface area contributed by atoms with Crippen LogP contribution in [-0.2, 0) is 55.0 Å². The Labute approximate surface area is 289 Å². The molecule has 0 N–H and O–H groups in total. The van der Waals surface area contributed by atoms with E-state index in [0.29, 0.717) is 18.4 Å². The second-order valence-electron chi connectivity index (χ2n) is 11.2. The Morgan fingerprint density at radius 3 is 1.54 bits per heavy atom. The Morgan fingerprint density at radius 2 is 1.08 bits per heavy atom. The Morgan fingerprint density at radius 1 is 0.640 bits per heavy atom. The highest BCUT2D eigenvalue weighted by Gasteiger charge is 2.31. The molecule has 0 aliphatic heterocycles. The molecule has 18 heteroatoms. The zero-order chi connectivity index (χ0) is 37.1. The zero-order valence-corrected chi connectivity index (χ0v) is 28.3. The van der Waals surface area contributed by atoms with Gasteiger partial charge < -0.3 is 49.5 Å². The van der Waals surface area contributed by atoms with Gasteiger partial charge in [0, 0.05) is 65.0 Å². The number of phosphoric acid groups is 1. The number of carbonyl (C=O) groups is 5. The summed E-state index contributed by atoms with van der Waals surface area (Å²) < 4.78 is 29.1. The van der Waals surface area contributed by atoms with Crippen molar-refractivity contribution in [1.82, 2.24) is 14.7 Å². The molecular formula is C32H39N3O14P-5. The monoisotopic (exact) mass is 720 g/mol. The van der Waals surface area contributed by atoms with E-state index in [2.05, 4.69) is 0 Å².